The Balaban J connectivity index is 2.07. The summed E-state index contributed by atoms with van der Waals surface area (Å²) in [6.07, 6.45) is 6.03. The largest absolute Gasteiger partial charge is 0.354 e. The summed E-state index contributed by atoms with van der Waals surface area (Å²) in [5.74, 6) is 1.05. The summed E-state index contributed by atoms with van der Waals surface area (Å²) >= 11 is 0. The molecule has 0 amide bonds. The topological polar surface area (TPSA) is 41.0 Å². The summed E-state index contributed by atoms with van der Waals surface area (Å²) in [5.41, 5.74) is 1.03. The first-order valence-electron chi connectivity index (χ1n) is 6.07. The normalized spacial score (nSPS) is 21.1. The second-order valence-electron chi connectivity index (χ2n) is 4.31. The van der Waals surface area contributed by atoms with Crippen LogP contribution in [-0.4, -0.2) is 35.6 Å². The van der Waals surface area contributed by atoms with E-state index in [2.05, 4.69) is 27.1 Å². The number of aryl methyl sites for hydroxylation is 1. The third kappa shape index (κ3) is 2.50. The number of hydrogen-bond acceptors (Lipinski definition) is 4. The van der Waals surface area contributed by atoms with E-state index in [4.69, 9.17) is 0 Å². The standard InChI is InChI=1S/C12H20N4/c1-3-13-11-5-4-8-16(9-11)12-10(2)14-6-7-15-12/h6-7,11,13H,3-5,8-9H2,1-2H3. The molecule has 0 radical (unpaired) electrons. The third-order valence-electron chi connectivity index (χ3n) is 3.07. The minimum absolute atomic E-state index is 0.597. The van der Waals surface area contributed by atoms with Crippen molar-refractivity contribution in [3.8, 4) is 0 Å². The van der Waals surface area contributed by atoms with Crippen LogP contribution in [0.1, 0.15) is 25.5 Å². The molecule has 1 aromatic heterocycles. The number of nitrogens with zero attached hydrogens (tertiary/aromatic N) is 3. The molecule has 4 heteroatoms. The Morgan fingerprint density at radius 1 is 1.44 bits per heavy atom. The van der Waals surface area contributed by atoms with Gasteiger partial charge >= 0.3 is 0 Å². The molecular formula is C12H20N4. The van der Waals surface area contributed by atoms with Crippen molar-refractivity contribution in [3.63, 3.8) is 0 Å². The van der Waals surface area contributed by atoms with Crippen LogP contribution in [0.4, 0.5) is 5.82 Å². The number of likely N-dealkylation sites (N-methyl/N-ethyl adjacent to an activating group) is 1. The molecule has 0 spiro atoms. The smallest absolute Gasteiger partial charge is 0.150 e. The monoisotopic (exact) mass is 220 g/mol. The van der Waals surface area contributed by atoms with Gasteiger partial charge in [-0.2, -0.15) is 0 Å². The molecule has 0 aliphatic carbocycles. The highest BCUT2D eigenvalue weighted by atomic mass is 15.2. The van der Waals surface area contributed by atoms with E-state index in [1.807, 2.05) is 6.92 Å². The van der Waals surface area contributed by atoms with Crippen LogP contribution in [0.15, 0.2) is 12.4 Å². The fourth-order valence-electron chi connectivity index (χ4n) is 2.34. The van der Waals surface area contributed by atoms with Crippen LogP contribution < -0.4 is 10.2 Å². The van der Waals surface area contributed by atoms with Crippen LogP contribution in [-0.2, 0) is 0 Å². The van der Waals surface area contributed by atoms with Gasteiger partial charge in [0.15, 0.2) is 0 Å². The molecule has 2 heterocycles. The number of anilines is 1. The number of nitrogens with one attached hydrogen (secondary N) is 1. The van der Waals surface area contributed by atoms with E-state index in [-0.39, 0.29) is 0 Å². The zero-order valence-electron chi connectivity index (χ0n) is 10.1. The number of rotatable bonds is 3. The van der Waals surface area contributed by atoms with Gasteiger partial charge in [-0.3, -0.25) is 4.98 Å². The van der Waals surface area contributed by atoms with Crippen molar-refractivity contribution in [2.24, 2.45) is 0 Å². The molecule has 1 saturated heterocycles. The molecule has 2 rings (SSSR count). The molecule has 0 saturated carbocycles. The summed E-state index contributed by atoms with van der Waals surface area (Å²) in [6.45, 7) is 7.37. The van der Waals surface area contributed by atoms with E-state index in [1.165, 1.54) is 12.8 Å². The lowest BCUT2D eigenvalue weighted by Crippen LogP contribution is -2.46. The molecule has 1 fully saturated rings. The van der Waals surface area contributed by atoms with Gasteiger partial charge in [0.25, 0.3) is 0 Å². The first-order valence-corrected chi connectivity index (χ1v) is 6.07. The van der Waals surface area contributed by atoms with Crippen molar-refractivity contribution in [2.45, 2.75) is 32.7 Å². The second-order valence-corrected chi connectivity index (χ2v) is 4.31. The maximum absolute atomic E-state index is 4.43. The molecular weight excluding hydrogens is 200 g/mol. The lowest BCUT2D eigenvalue weighted by molar-refractivity contribution is 0.429. The van der Waals surface area contributed by atoms with Crippen LogP contribution in [0.5, 0.6) is 0 Å². The SMILES string of the molecule is CCNC1CCCN(c2nccnc2C)C1. The second kappa shape index (κ2) is 5.25. The summed E-state index contributed by atoms with van der Waals surface area (Å²) in [7, 11) is 0. The zero-order chi connectivity index (χ0) is 11.4. The zero-order valence-corrected chi connectivity index (χ0v) is 10.1. The first kappa shape index (κ1) is 11.3. The highest BCUT2D eigenvalue weighted by molar-refractivity contribution is 5.42. The van der Waals surface area contributed by atoms with Gasteiger partial charge in [-0.05, 0) is 26.3 Å². The highest BCUT2D eigenvalue weighted by Crippen LogP contribution is 2.19. The Hall–Kier alpha value is -1.16. The quantitative estimate of drug-likeness (QED) is 0.835. The summed E-state index contributed by atoms with van der Waals surface area (Å²) in [5, 5.41) is 3.51. The average molecular weight is 220 g/mol. The summed E-state index contributed by atoms with van der Waals surface area (Å²) in [6, 6.07) is 0.597. The van der Waals surface area contributed by atoms with Gasteiger partial charge < -0.3 is 10.2 Å². The van der Waals surface area contributed by atoms with Crippen LogP contribution >= 0.6 is 0 Å². The van der Waals surface area contributed by atoms with E-state index < -0.39 is 0 Å². The number of aromatic nitrogens is 2. The number of hydrogen-bond donors (Lipinski definition) is 1. The van der Waals surface area contributed by atoms with E-state index in [1.54, 1.807) is 12.4 Å². The molecule has 0 aromatic carbocycles. The average Bonchev–Trinajstić information content (AvgIpc) is 2.30. The minimum Gasteiger partial charge on any atom is -0.354 e. The molecule has 16 heavy (non-hydrogen) atoms. The Bertz CT molecular complexity index is 338. The van der Waals surface area contributed by atoms with E-state index in [0.717, 1.165) is 31.1 Å². The van der Waals surface area contributed by atoms with Crippen molar-refractivity contribution in [2.75, 3.05) is 24.5 Å². The van der Waals surface area contributed by atoms with Gasteiger partial charge in [0.05, 0.1) is 5.69 Å². The molecule has 4 nitrogen and oxygen atoms in total. The highest BCUT2D eigenvalue weighted by Gasteiger charge is 2.21. The molecule has 88 valence electrons. The van der Waals surface area contributed by atoms with E-state index in [0.29, 0.717) is 6.04 Å². The van der Waals surface area contributed by atoms with Crippen LogP contribution in [0.25, 0.3) is 0 Å². The molecule has 1 aromatic rings. The predicted octanol–water partition coefficient (Wildman–Crippen LogP) is 1.36. The minimum atomic E-state index is 0.597. The maximum Gasteiger partial charge on any atom is 0.150 e. The summed E-state index contributed by atoms with van der Waals surface area (Å²) < 4.78 is 0. The van der Waals surface area contributed by atoms with Crippen molar-refractivity contribution in [1.29, 1.82) is 0 Å². The van der Waals surface area contributed by atoms with Crippen LogP contribution in [0.3, 0.4) is 0 Å². The van der Waals surface area contributed by atoms with Gasteiger partial charge in [-0.25, -0.2) is 4.98 Å². The molecule has 1 unspecified atom stereocenters. The van der Waals surface area contributed by atoms with Crippen molar-refractivity contribution in [3.05, 3.63) is 18.1 Å². The number of piperidine rings is 1. The van der Waals surface area contributed by atoms with Crippen molar-refractivity contribution in [1.82, 2.24) is 15.3 Å². The van der Waals surface area contributed by atoms with E-state index >= 15 is 0 Å². The predicted molar refractivity (Wildman–Crippen MR) is 65.7 cm³/mol. The van der Waals surface area contributed by atoms with Gasteiger partial charge in [-0.1, -0.05) is 6.92 Å². The molecule has 0 bridgehead atoms. The van der Waals surface area contributed by atoms with Crippen LogP contribution in [0.2, 0.25) is 0 Å². The van der Waals surface area contributed by atoms with Gasteiger partial charge in [-0.15, -0.1) is 0 Å². The molecule has 1 aliphatic rings. The lowest BCUT2D eigenvalue weighted by Gasteiger charge is -2.34. The maximum atomic E-state index is 4.43. The molecule has 1 atom stereocenters. The summed E-state index contributed by atoms with van der Waals surface area (Å²) in [4.78, 5) is 11.1. The Morgan fingerprint density at radius 2 is 2.25 bits per heavy atom. The fraction of sp³-hybridized carbons (Fsp3) is 0.667. The van der Waals surface area contributed by atoms with Gasteiger partial charge in [0.2, 0.25) is 0 Å². The first-order chi connectivity index (χ1) is 7.81. The third-order valence-corrected chi connectivity index (χ3v) is 3.07. The van der Waals surface area contributed by atoms with Gasteiger partial charge in [0.1, 0.15) is 5.82 Å². The van der Waals surface area contributed by atoms with Crippen LogP contribution in [0, 0.1) is 6.92 Å². The Labute approximate surface area is 97.1 Å². The van der Waals surface area contributed by atoms with Gasteiger partial charge in [0, 0.05) is 31.5 Å². The fourth-order valence-corrected chi connectivity index (χ4v) is 2.34. The Kier molecular flexibility index (Phi) is 3.72. The van der Waals surface area contributed by atoms with Crippen molar-refractivity contribution < 1.29 is 0 Å². The van der Waals surface area contributed by atoms with Crippen molar-refractivity contribution >= 4 is 5.82 Å². The van der Waals surface area contributed by atoms with E-state index in [9.17, 15) is 0 Å². The molecule has 1 aliphatic heterocycles. The Morgan fingerprint density at radius 3 is 3.00 bits per heavy atom. The lowest BCUT2D eigenvalue weighted by atomic mass is 10.1. The molecule has 1 N–H and O–H groups in total.